The molecule has 0 atom stereocenters. The van der Waals surface area contributed by atoms with Gasteiger partial charge in [0.1, 0.15) is 11.5 Å². The van der Waals surface area contributed by atoms with Gasteiger partial charge in [0, 0.05) is 17.0 Å². The highest BCUT2D eigenvalue weighted by Crippen LogP contribution is 2.44. The highest BCUT2D eigenvalue weighted by atomic mass is 16.3. The van der Waals surface area contributed by atoms with Crippen LogP contribution in [0.1, 0.15) is 22.6 Å². The lowest BCUT2D eigenvalue weighted by atomic mass is 9.84. The van der Waals surface area contributed by atoms with E-state index in [2.05, 4.69) is 0 Å². The van der Waals surface area contributed by atoms with Crippen LogP contribution in [0.2, 0.25) is 0 Å². The van der Waals surface area contributed by atoms with Crippen LogP contribution in [0.15, 0.2) is 60.7 Å². The topological polar surface area (TPSA) is 227 Å². The van der Waals surface area contributed by atoms with Crippen molar-refractivity contribution in [1.29, 1.82) is 0 Å². The normalized spacial score (nSPS) is 9.32. The van der Waals surface area contributed by atoms with Gasteiger partial charge in [-0.15, -0.1) is 0 Å². The van der Waals surface area contributed by atoms with Crippen molar-refractivity contribution >= 4 is 0 Å². The molecule has 3 rings (SSSR count). The zero-order valence-electron chi connectivity index (χ0n) is 14.6. The summed E-state index contributed by atoms with van der Waals surface area (Å²) in [6.07, 6.45) is 0. The van der Waals surface area contributed by atoms with Crippen molar-refractivity contribution in [1.82, 2.24) is 0 Å². The summed E-state index contributed by atoms with van der Waals surface area (Å²) in [5.41, 5.74) is 1.39. The van der Waals surface area contributed by atoms with Crippen molar-refractivity contribution in [2.24, 2.45) is 0 Å². The lowest BCUT2D eigenvalue weighted by Gasteiger charge is -2.21. The summed E-state index contributed by atoms with van der Waals surface area (Å²) in [4.78, 5) is 0. The zero-order valence-corrected chi connectivity index (χ0v) is 14.6. The molecule has 9 heteroatoms. The maximum Gasteiger partial charge on any atom is 0.200 e. The van der Waals surface area contributed by atoms with Gasteiger partial charge in [-0.3, -0.25) is 0 Å². The number of phenols is 5. The average Bonchev–Trinajstić information content (AvgIpc) is 2.56. The summed E-state index contributed by atoms with van der Waals surface area (Å²) in [6.45, 7) is 0. The molecule has 0 unspecified atom stereocenters. The summed E-state index contributed by atoms with van der Waals surface area (Å²) in [5, 5.41) is 49.7. The molecule has 0 bridgehead atoms. The Balaban J connectivity index is 0. The van der Waals surface area contributed by atoms with E-state index in [1.54, 1.807) is 36.4 Å². The van der Waals surface area contributed by atoms with E-state index in [0.29, 0.717) is 16.7 Å². The Morgan fingerprint density at radius 2 is 0.857 bits per heavy atom. The van der Waals surface area contributed by atoms with Crippen LogP contribution in [0.5, 0.6) is 28.7 Å². The molecule has 9 nitrogen and oxygen atoms in total. The Kier molecular flexibility index (Phi) is 10.1. The van der Waals surface area contributed by atoms with E-state index >= 15 is 0 Å². The standard InChI is InChI=1S/C19H16O5.4H2O/c20-14-7-3-1-5-12(14)18(13-6-2-4-8-15(13)21)11-9-16(22)19(24)17(23)10-11;;;;/h1-10,18,20-24H;4*1H2. The number of para-hydroxylation sites is 2. The summed E-state index contributed by atoms with van der Waals surface area (Å²) < 4.78 is 0. The second kappa shape index (κ2) is 10.6. The number of hydrogen-bond acceptors (Lipinski definition) is 5. The molecule has 0 heterocycles. The van der Waals surface area contributed by atoms with Crippen LogP contribution in [0, 0.1) is 0 Å². The van der Waals surface area contributed by atoms with Crippen LogP contribution in [0.3, 0.4) is 0 Å². The van der Waals surface area contributed by atoms with Crippen LogP contribution in [0.25, 0.3) is 0 Å². The monoisotopic (exact) mass is 396 g/mol. The quantitative estimate of drug-likeness (QED) is 0.305. The molecule has 154 valence electrons. The number of hydrogen-bond donors (Lipinski definition) is 5. The maximum absolute atomic E-state index is 10.2. The number of phenolic OH excluding ortho intramolecular Hbond substituents is 5. The molecular weight excluding hydrogens is 372 g/mol. The first-order valence-corrected chi connectivity index (χ1v) is 7.29. The Bertz CT molecular complexity index is 828. The third-order valence-electron chi connectivity index (χ3n) is 3.92. The molecule has 0 radical (unpaired) electrons. The van der Waals surface area contributed by atoms with Crippen molar-refractivity contribution in [3.05, 3.63) is 77.4 Å². The van der Waals surface area contributed by atoms with Crippen LogP contribution in [0.4, 0.5) is 0 Å². The molecule has 0 aliphatic heterocycles. The van der Waals surface area contributed by atoms with E-state index in [-0.39, 0.29) is 33.4 Å². The molecule has 0 amide bonds. The SMILES string of the molecule is O.O.O.O.Oc1ccccc1C(c1cc(O)c(O)c(O)c1)c1ccccc1O. The zero-order chi connectivity index (χ0) is 17.3. The molecule has 0 saturated carbocycles. The minimum absolute atomic E-state index is 0. The van der Waals surface area contributed by atoms with E-state index in [9.17, 15) is 25.5 Å². The van der Waals surface area contributed by atoms with E-state index in [4.69, 9.17) is 0 Å². The molecule has 28 heavy (non-hydrogen) atoms. The molecule has 0 aliphatic rings. The van der Waals surface area contributed by atoms with Gasteiger partial charge in [-0.1, -0.05) is 36.4 Å². The molecule has 0 aliphatic carbocycles. The molecule has 0 saturated heterocycles. The highest BCUT2D eigenvalue weighted by molar-refractivity contribution is 5.58. The van der Waals surface area contributed by atoms with Gasteiger partial charge in [0.2, 0.25) is 0 Å². The van der Waals surface area contributed by atoms with Gasteiger partial charge in [-0.2, -0.15) is 0 Å². The fourth-order valence-electron chi connectivity index (χ4n) is 2.78. The molecule has 3 aromatic carbocycles. The second-order valence-electron chi connectivity index (χ2n) is 5.46. The van der Waals surface area contributed by atoms with E-state index in [1.807, 2.05) is 0 Å². The number of benzene rings is 3. The highest BCUT2D eigenvalue weighted by Gasteiger charge is 2.24. The fourth-order valence-corrected chi connectivity index (χ4v) is 2.78. The maximum atomic E-state index is 10.2. The molecular formula is C19H24O9. The van der Waals surface area contributed by atoms with Crippen molar-refractivity contribution in [2.45, 2.75) is 5.92 Å². The number of rotatable bonds is 3. The Labute approximate surface area is 160 Å². The van der Waals surface area contributed by atoms with Crippen LogP contribution in [-0.2, 0) is 0 Å². The molecule has 3 aromatic rings. The van der Waals surface area contributed by atoms with Crippen LogP contribution < -0.4 is 0 Å². The minimum atomic E-state index is -0.648. The van der Waals surface area contributed by atoms with Crippen LogP contribution in [-0.4, -0.2) is 47.4 Å². The molecule has 0 fully saturated rings. The summed E-state index contributed by atoms with van der Waals surface area (Å²) in [6, 6.07) is 15.8. The minimum Gasteiger partial charge on any atom is -0.508 e. The molecule has 0 spiro atoms. The van der Waals surface area contributed by atoms with E-state index < -0.39 is 23.2 Å². The summed E-state index contributed by atoms with van der Waals surface area (Å²) in [5.74, 6) is -2.21. The Morgan fingerprint density at radius 3 is 1.21 bits per heavy atom. The van der Waals surface area contributed by atoms with Gasteiger partial charge in [0.15, 0.2) is 17.2 Å². The van der Waals surface area contributed by atoms with Gasteiger partial charge in [0.05, 0.1) is 0 Å². The third kappa shape index (κ3) is 4.81. The van der Waals surface area contributed by atoms with Crippen molar-refractivity contribution in [2.75, 3.05) is 0 Å². The summed E-state index contributed by atoms with van der Waals surface area (Å²) >= 11 is 0. The van der Waals surface area contributed by atoms with Crippen molar-refractivity contribution in [3.8, 4) is 28.7 Å². The van der Waals surface area contributed by atoms with Crippen LogP contribution >= 0.6 is 0 Å². The van der Waals surface area contributed by atoms with Gasteiger partial charge >= 0.3 is 0 Å². The predicted octanol–water partition coefficient (Wildman–Crippen LogP) is 0.0960. The summed E-state index contributed by atoms with van der Waals surface area (Å²) in [7, 11) is 0. The largest absolute Gasteiger partial charge is 0.508 e. The fraction of sp³-hybridized carbons (Fsp3) is 0.0526. The lowest BCUT2D eigenvalue weighted by Crippen LogP contribution is -2.04. The first-order valence-electron chi connectivity index (χ1n) is 7.29. The van der Waals surface area contributed by atoms with Crippen molar-refractivity contribution < 1.29 is 47.4 Å². The van der Waals surface area contributed by atoms with E-state index in [1.165, 1.54) is 24.3 Å². The lowest BCUT2D eigenvalue weighted by molar-refractivity contribution is 0.367. The molecule has 0 aromatic heterocycles. The van der Waals surface area contributed by atoms with Gasteiger partial charge in [-0.25, -0.2) is 0 Å². The van der Waals surface area contributed by atoms with Crippen molar-refractivity contribution in [3.63, 3.8) is 0 Å². The Morgan fingerprint density at radius 1 is 0.500 bits per heavy atom. The Hall–Kier alpha value is -3.50. The van der Waals surface area contributed by atoms with Gasteiger partial charge < -0.3 is 47.4 Å². The molecule has 13 N–H and O–H groups in total. The van der Waals surface area contributed by atoms with Gasteiger partial charge in [0.25, 0.3) is 0 Å². The smallest absolute Gasteiger partial charge is 0.200 e. The predicted molar refractivity (Wildman–Crippen MR) is 103 cm³/mol. The first-order chi connectivity index (χ1) is 11.5. The van der Waals surface area contributed by atoms with E-state index in [0.717, 1.165) is 0 Å². The second-order valence-corrected chi connectivity index (χ2v) is 5.46. The average molecular weight is 396 g/mol. The third-order valence-corrected chi connectivity index (χ3v) is 3.92. The first kappa shape index (κ1) is 26.7. The number of aromatic hydroxyl groups is 5. The van der Waals surface area contributed by atoms with Gasteiger partial charge in [-0.05, 0) is 29.8 Å².